The molecular formula is C38H50N10O16S. The van der Waals surface area contributed by atoms with Crippen molar-refractivity contribution in [2.45, 2.75) is 37.9 Å². The van der Waals surface area contributed by atoms with Crippen LogP contribution in [0.3, 0.4) is 0 Å². The third-order valence-electron chi connectivity index (χ3n) is 9.05. The molecule has 26 nitrogen and oxygen atoms in total. The Kier molecular flexibility index (Phi) is 22.5. The molecule has 0 saturated heterocycles. The van der Waals surface area contributed by atoms with Gasteiger partial charge in [0.05, 0.1) is 63.3 Å². The van der Waals surface area contributed by atoms with Crippen LogP contribution in [0.15, 0.2) is 48.5 Å². The molecule has 0 aromatic heterocycles. The predicted octanol–water partition coefficient (Wildman–Crippen LogP) is -3.05. The number of carbonyl (C=O) groups excluding carboxylic acids is 4. The normalized spacial score (nSPS) is 12.4. The Balaban J connectivity index is 2.02. The van der Waals surface area contributed by atoms with Crippen LogP contribution in [0.4, 0.5) is 11.4 Å². The minimum Gasteiger partial charge on any atom is -0.480 e. The number of nitrogens with one attached hydrogen (secondary N) is 5. The van der Waals surface area contributed by atoms with Crippen LogP contribution in [0.1, 0.15) is 18.1 Å². The number of rotatable bonds is 30. The molecule has 0 aliphatic carbocycles. The first kappa shape index (κ1) is 53.9. The van der Waals surface area contributed by atoms with E-state index in [0.29, 0.717) is 16.8 Å². The number of aliphatic carboxylic acids is 5. The van der Waals surface area contributed by atoms with Crippen molar-refractivity contribution in [2.75, 3.05) is 70.8 Å². The van der Waals surface area contributed by atoms with E-state index in [-0.39, 0.29) is 36.7 Å². The molecule has 2 rings (SSSR count). The SMILES string of the molecule is C[C@@H](CN(CC(=O)O)CC(=O)O)N(CC(=O)O)[C@H](Cc1ccc(NC(=S)NC(=O)CNC(=O)CNC(=O)CNC(Cc2ccc([N+](=O)[O-])cc2)C(N)=O)cc1)CN(CC(=O)O)CC(=O)O. The van der Waals surface area contributed by atoms with Crippen LogP contribution in [-0.2, 0) is 56.0 Å². The molecule has 0 heterocycles. The lowest BCUT2D eigenvalue weighted by Gasteiger charge is -2.39. The van der Waals surface area contributed by atoms with E-state index in [1.165, 1.54) is 48.2 Å². The van der Waals surface area contributed by atoms with Gasteiger partial charge in [0.2, 0.25) is 23.6 Å². The Hall–Kier alpha value is -7.20. The molecule has 3 atom stereocenters. The van der Waals surface area contributed by atoms with Crippen molar-refractivity contribution < 1.29 is 73.6 Å². The lowest BCUT2D eigenvalue weighted by molar-refractivity contribution is -0.384. The van der Waals surface area contributed by atoms with Crippen molar-refractivity contribution in [1.82, 2.24) is 36.0 Å². The summed E-state index contributed by atoms with van der Waals surface area (Å²) in [7, 11) is 0. The van der Waals surface area contributed by atoms with E-state index >= 15 is 0 Å². The van der Waals surface area contributed by atoms with Crippen molar-refractivity contribution in [3.05, 3.63) is 69.8 Å². The summed E-state index contributed by atoms with van der Waals surface area (Å²) in [5, 5.41) is 70.4. The minimum atomic E-state index is -1.36. The molecule has 65 heavy (non-hydrogen) atoms. The number of amides is 4. The summed E-state index contributed by atoms with van der Waals surface area (Å²) in [6.07, 6.45) is 0.0295. The van der Waals surface area contributed by atoms with Crippen LogP contribution in [0.2, 0.25) is 0 Å². The second-order valence-corrected chi connectivity index (χ2v) is 14.8. The van der Waals surface area contributed by atoms with Gasteiger partial charge in [0.25, 0.3) is 5.69 Å². The van der Waals surface area contributed by atoms with Crippen LogP contribution >= 0.6 is 12.2 Å². The van der Waals surface area contributed by atoms with Crippen LogP contribution in [0.25, 0.3) is 0 Å². The molecule has 2 aromatic carbocycles. The fourth-order valence-electron chi connectivity index (χ4n) is 6.29. The van der Waals surface area contributed by atoms with Gasteiger partial charge in [0, 0.05) is 43.0 Å². The summed E-state index contributed by atoms with van der Waals surface area (Å²) in [5.74, 6) is -9.68. The van der Waals surface area contributed by atoms with Crippen LogP contribution in [0.5, 0.6) is 0 Å². The van der Waals surface area contributed by atoms with Crippen molar-refractivity contribution in [2.24, 2.45) is 5.73 Å². The molecule has 0 aliphatic heterocycles. The van der Waals surface area contributed by atoms with Gasteiger partial charge in [0.15, 0.2) is 5.11 Å². The maximum atomic E-state index is 12.5. The van der Waals surface area contributed by atoms with E-state index in [1.54, 1.807) is 12.1 Å². The van der Waals surface area contributed by atoms with Gasteiger partial charge in [-0.15, -0.1) is 0 Å². The number of nitro benzene ring substituents is 1. The van der Waals surface area contributed by atoms with Gasteiger partial charge in [-0.25, -0.2) is 0 Å². The van der Waals surface area contributed by atoms with Crippen LogP contribution < -0.4 is 32.3 Å². The van der Waals surface area contributed by atoms with Gasteiger partial charge in [-0.3, -0.25) is 73.3 Å². The summed E-state index contributed by atoms with van der Waals surface area (Å²) in [6.45, 7) is -3.97. The molecule has 4 amide bonds. The molecule has 12 N–H and O–H groups in total. The first-order valence-electron chi connectivity index (χ1n) is 19.3. The number of benzene rings is 2. The maximum absolute atomic E-state index is 12.5. The molecule has 0 saturated carbocycles. The fraction of sp³-hybridized carbons (Fsp3) is 0.421. The van der Waals surface area contributed by atoms with Crippen LogP contribution in [0, 0.1) is 10.1 Å². The third kappa shape index (κ3) is 22.1. The fourth-order valence-corrected chi connectivity index (χ4v) is 6.52. The number of thiocarbonyl (C=S) groups is 1. The highest BCUT2D eigenvalue weighted by Gasteiger charge is 2.31. The van der Waals surface area contributed by atoms with Gasteiger partial charge in [-0.1, -0.05) is 24.3 Å². The zero-order chi connectivity index (χ0) is 48.8. The van der Waals surface area contributed by atoms with Gasteiger partial charge < -0.3 is 52.5 Å². The largest absolute Gasteiger partial charge is 0.480 e. The van der Waals surface area contributed by atoms with Crippen molar-refractivity contribution in [3.63, 3.8) is 0 Å². The predicted molar refractivity (Wildman–Crippen MR) is 229 cm³/mol. The lowest BCUT2D eigenvalue weighted by Crippen LogP contribution is -2.55. The quantitative estimate of drug-likeness (QED) is 0.0211. The molecule has 0 spiro atoms. The van der Waals surface area contributed by atoms with Crippen LogP contribution in [-0.4, -0.2) is 187 Å². The Morgan fingerprint density at radius 1 is 0.662 bits per heavy atom. The smallest absolute Gasteiger partial charge is 0.317 e. The first-order valence-corrected chi connectivity index (χ1v) is 19.7. The first-order chi connectivity index (χ1) is 30.5. The maximum Gasteiger partial charge on any atom is 0.317 e. The number of primary amides is 1. The minimum absolute atomic E-state index is 0.00151. The lowest BCUT2D eigenvalue weighted by atomic mass is 10.0. The molecule has 0 aliphatic rings. The highest BCUT2D eigenvalue weighted by molar-refractivity contribution is 7.80. The zero-order valence-electron chi connectivity index (χ0n) is 34.8. The van der Waals surface area contributed by atoms with E-state index in [1.807, 2.05) is 0 Å². The molecule has 354 valence electrons. The van der Waals surface area contributed by atoms with Gasteiger partial charge in [-0.2, -0.15) is 0 Å². The summed E-state index contributed by atoms with van der Waals surface area (Å²) < 4.78 is 0. The van der Waals surface area contributed by atoms with E-state index in [0.717, 1.165) is 9.80 Å². The summed E-state index contributed by atoms with van der Waals surface area (Å²) in [6, 6.07) is 8.86. The number of nitrogens with two attached hydrogens (primary N) is 1. The molecule has 1 unspecified atom stereocenters. The number of nitrogens with zero attached hydrogens (tertiary/aromatic N) is 4. The van der Waals surface area contributed by atoms with Crippen molar-refractivity contribution >= 4 is 82.2 Å². The number of non-ortho nitro benzene ring substituents is 1. The number of nitro groups is 1. The van der Waals surface area contributed by atoms with Gasteiger partial charge >= 0.3 is 29.8 Å². The second-order valence-electron chi connectivity index (χ2n) is 14.4. The number of carboxylic acids is 5. The van der Waals surface area contributed by atoms with Crippen molar-refractivity contribution in [3.8, 4) is 0 Å². The van der Waals surface area contributed by atoms with E-state index in [4.69, 9.17) is 18.0 Å². The molecule has 0 bridgehead atoms. The summed E-state index contributed by atoms with van der Waals surface area (Å²) in [5.41, 5.74) is 6.69. The number of hydrogen-bond acceptors (Lipinski definition) is 16. The molecule has 27 heteroatoms. The van der Waals surface area contributed by atoms with Gasteiger partial charge in [0.1, 0.15) is 0 Å². The molecule has 0 fully saturated rings. The average molecular weight is 935 g/mol. The van der Waals surface area contributed by atoms with E-state index in [9.17, 15) is 78.8 Å². The monoisotopic (exact) mass is 934 g/mol. The number of carbonyl (C=O) groups is 9. The third-order valence-corrected chi connectivity index (χ3v) is 9.25. The average Bonchev–Trinajstić information content (AvgIpc) is 3.19. The Morgan fingerprint density at radius 2 is 1.11 bits per heavy atom. The number of carboxylic acid groups (broad SMARTS) is 5. The summed E-state index contributed by atoms with van der Waals surface area (Å²) in [4.78, 5) is 121. The van der Waals surface area contributed by atoms with E-state index < -0.39 is 129 Å². The summed E-state index contributed by atoms with van der Waals surface area (Å²) >= 11 is 5.19. The Bertz CT molecular complexity index is 2030. The Morgan fingerprint density at radius 3 is 1.58 bits per heavy atom. The van der Waals surface area contributed by atoms with E-state index in [2.05, 4.69) is 26.6 Å². The number of hydrogen-bond donors (Lipinski definition) is 11. The molecular weight excluding hydrogens is 885 g/mol. The highest BCUT2D eigenvalue weighted by atomic mass is 32.1. The number of anilines is 1. The van der Waals surface area contributed by atoms with Crippen molar-refractivity contribution in [1.29, 1.82) is 0 Å². The zero-order valence-corrected chi connectivity index (χ0v) is 35.7. The Labute approximate surface area is 375 Å². The molecule has 2 aromatic rings. The second kappa shape index (κ2) is 27.1. The molecule has 0 radical (unpaired) electrons. The highest BCUT2D eigenvalue weighted by Crippen LogP contribution is 2.18. The topological polar surface area (TPSA) is 394 Å². The van der Waals surface area contributed by atoms with Gasteiger partial charge in [-0.05, 0) is 55.2 Å². The standard InChI is InChI=1S/C38H50N10O16S/c1-22(15-45(17-32(52)53)18-33(54)55)47(21-36(60)61)27(16-46(19-34(56)57)20-35(58)59)10-23-2-6-25(7-3-23)43-38(65)44-31(51)14-42-30(50)13-41-29(49)12-40-28(37(39)62)11-24-4-8-26(9-5-24)48(63)64/h2-9,22,27-28,40H,10-21H2,1H3,(H2,39,62)(H,41,49)(H,42,50)(H,52,53)(H,54,55)(H,56,57)(H,58,59)(H,60,61)(H2,43,44,51,65)/t22-,27+,28?/m0/s1.